The van der Waals surface area contributed by atoms with Gasteiger partial charge in [-0.25, -0.2) is 9.59 Å². The third-order valence-electron chi connectivity index (χ3n) is 3.66. The molecule has 0 fully saturated rings. The molecule has 0 aliphatic heterocycles. The molecule has 0 radical (unpaired) electrons. The summed E-state index contributed by atoms with van der Waals surface area (Å²) in [6.07, 6.45) is -0.942. The number of carboxylic acids is 2. The van der Waals surface area contributed by atoms with Gasteiger partial charge in [-0.05, 0) is 43.7 Å². The third kappa shape index (κ3) is 4.97. The van der Waals surface area contributed by atoms with Crippen LogP contribution in [0.2, 0.25) is 0 Å². The lowest BCUT2D eigenvalue weighted by molar-refractivity contribution is 0.0616. The van der Waals surface area contributed by atoms with Crippen molar-refractivity contribution in [1.29, 1.82) is 0 Å². The molecule has 138 valence electrons. The van der Waals surface area contributed by atoms with Crippen LogP contribution in [0, 0.1) is 13.8 Å². The SMILES string of the molecule is Cc1ccc(OCC(O)COc2ccc(C(=O)O)c(C(=O)O)c2)c(C)c1. The van der Waals surface area contributed by atoms with Crippen LogP contribution in [0.3, 0.4) is 0 Å². The highest BCUT2D eigenvalue weighted by Crippen LogP contribution is 2.20. The van der Waals surface area contributed by atoms with Gasteiger partial charge in [-0.15, -0.1) is 0 Å². The summed E-state index contributed by atoms with van der Waals surface area (Å²) in [7, 11) is 0. The van der Waals surface area contributed by atoms with Crippen molar-refractivity contribution in [3.8, 4) is 11.5 Å². The van der Waals surface area contributed by atoms with E-state index in [0.717, 1.165) is 23.3 Å². The largest absolute Gasteiger partial charge is 0.491 e. The topological polar surface area (TPSA) is 113 Å². The van der Waals surface area contributed by atoms with Gasteiger partial charge >= 0.3 is 11.9 Å². The number of aromatic carboxylic acids is 2. The fraction of sp³-hybridized carbons (Fsp3) is 0.263. The summed E-state index contributed by atoms with van der Waals surface area (Å²) in [5, 5.41) is 28.0. The number of ether oxygens (including phenoxy) is 2. The summed E-state index contributed by atoms with van der Waals surface area (Å²) >= 11 is 0. The highest BCUT2D eigenvalue weighted by Gasteiger charge is 2.17. The Bertz CT molecular complexity index is 814. The summed E-state index contributed by atoms with van der Waals surface area (Å²) in [4.78, 5) is 22.2. The molecular weight excluding hydrogens is 340 g/mol. The lowest BCUT2D eigenvalue weighted by Gasteiger charge is -2.15. The first-order chi connectivity index (χ1) is 12.3. The second kappa shape index (κ2) is 8.35. The molecule has 0 bridgehead atoms. The van der Waals surface area contributed by atoms with Gasteiger partial charge in [0, 0.05) is 0 Å². The van der Waals surface area contributed by atoms with Gasteiger partial charge in [-0.1, -0.05) is 17.7 Å². The second-order valence-electron chi connectivity index (χ2n) is 5.86. The predicted octanol–water partition coefficient (Wildman–Crippen LogP) is 2.52. The maximum atomic E-state index is 11.1. The van der Waals surface area contributed by atoms with Crippen molar-refractivity contribution in [3.05, 3.63) is 58.7 Å². The number of carbonyl (C=O) groups is 2. The smallest absolute Gasteiger partial charge is 0.336 e. The Kier molecular flexibility index (Phi) is 6.19. The van der Waals surface area contributed by atoms with Gasteiger partial charge < -0.3 is 24.8 Å². The molecule has 0 spiro atoms. The summed E-state index contributed by atoms with van der Waals surface area (Å²) < 4.78 is 10.9. The van der Waals surface area contributed by atoms with Gasteiger partial charge in [0.1, 0.15) is 30.8 Å². The molecule has 0 aromatic heterocycles. The molecule has 2 aromatic rings. The second-order valence-corrected chi connectivity index (χ2v) is 5.86. The lowest BCUT2D eigenvalue weighted by atomic mass is 10.1. The average molecular weight is 360 g/mol. The molecule has 2 aromatic carbocycles. The van der Waals surface area contributed by atoms with Crippen molar-refractivity contribution in [3.63, 3.8) is 0 Å². The van der Waals surface area contributed by atoms with E-state index in [-0.39, 0.29) is 30.1 Å². The Morgan fingerprint density at radius 3 is 2.19 bits per heavy atom. The molecule has 0 heterocycles. The number of aliphatic hydroxyl groups excluding tert-OH is 1. The molecular formula is C19H20O7. The van der Waals surface area contributed by atoms with Crippen LogP contribution in [-0.4, -0.2) is 46.6 Å². The van der Waals surface area contributed by atoms with E-state index >= 15 is 0 Å². The van der Waals surface area contributed by atoms with Crippen LogP contribution in [0.1, 0.15) is 31.8 Å². The molecule has 26 heavy (non-hydrogen) atoms. The van der Waals surface area contributed by atoms with Gasteiger partial charge in [-0.2, -0.15) is 0 Å². The Balaban J connectivity index is 1.94. The molecule has 2 rings (SSSR count). The number of hydrogen-bond acceptors (Lipinski definition) is 5. The number of carboxylic acid groups (broad SMARTS) is 2. The van der Waals surface area contributed by atoms with Crippen molar-refractivity contribution in [2.75, 3.05) is 13.2 Å². The quantitative estimate of drug-likeness (QED) is 0.663. The normalized spacial score (nSPS) is 11.7. The van der Waals surface area contributed by atoms with Gasteiger partial charge in [0.05, 0.1) is 11.1 Å². The van der Waals surface area contributed by atoms with Crippen molar-refractivity contribution in [2.24, 2.45) is 0 Å². The van der Waals surface area contributed by atoms with Crippen molar-refractivity contribution in [1.82, 2.24) is 0 Å². The fourth-order valence-corrected chi connectivity index (χ4v) is 2.36. The van der Waals surface area contributed by atoms with Crippen LogP contribution >= 0.6 is 0 Å². The monoisotopic (exact) mass is 360 g/mol. The standard InChI is InChI=1S/C19H20O7/c1-11-3-6-17(12(2)7-11)26-10-13(20)9-25-14-4-5-15(18(21)22)16(8-14)19(23)24/h3-8,13,20H,9-10H2,1-2H3,(H,21,22)(H,23,24). The van der Waals surface area contributed by atoms with E-state index in [2.05, 4.69) is 0 Å². The number of benzene rings is 2. The molecule has 0 aliphatic carbocycles. The number of aliphatic hydroxyl groups is 1. The third-order valence-corrected chi connectivity index (χ3v) is 3.66. The molecule has 3 N–H and O–H groups in total. The van der Waals surface area contributed by atoms with E-state index < -0.39 is 18.0 Å². The molecule has 0 aliphatic rings. The first-order valence-corrected chi connectivity index (χ1v) is 7.89. The van der Waals surface area contributed by atoms with E-state index in [1.807, 2.05) is 32.0 Å². The van der Waals surface area contributed by atoms with E-state index in [0.29, 0.717) is 5.75 Å². The van der Waals surface area contributed by atoms with Crippen LogP contribution in [0.5, 0.6) is 11.5 Å². The van der Waals surface area contributed by atoms with Gasteiger partial charge in [0.25, 0.3) is 0 Å². The number of hydrogen-bond donors (Lipinski definition) is 3. The molecule has 7 heteroatoms. The molecule has 1 atom stereocenters. The Morgan fingerprint density at radius 1 is 0.923 bits per heavy atom. The minimum Gasteiger partial charge on any atom is -0.491 e. The summed E-state index contributed by atoms with van der Waals surface area (Å²) in [5.41, 5.74) is 1.35. The van der Waals surface area contributed by atoms with Crippen molar-refractivity contribution >= 4 is 11.9 Å². The summed E-state index contributed by atoms with van der Waals surface area (Å²) in [5.74, 6) is -1.89. The van der Waals surface area contributed by atoms with Crippen molar-refractivity contribution < 1.29 is 34.4 Å². The summed E-state index contributed by atoms with van der Waals surface area (Å²) in [6, 6.07) is 9.30. The van der Waals surface area contributed by atoms with Gasteiger partial charge in [-0.3, -0.25) is 0 Å². The zero-order chi connectivity index (χ0) is 19.3. The molecule has 7 nitrogen and oxygen atoms in total. The fourth-order valence-electron chi connectivity index (χ4n) is 2.36. The van der Waals surface area contributed by atoms with Crippen molar-refractivity contribution in [2.45, 2.75) is 20.0 Å². The van der Waals surface area contributed by atoms with Crippen LogP contribution in [0.25, 0.3) is 0 Å². The zero-order valence-electron chi connectivity index (χ0n) is 14.4. The average Bonchev–Trinajstić information content (AvgIpc) is 2.58. The maximum Gasteiger partial charge on any atom is 0.336 e. The van der Waals surface area contributed by atoms with Crippen LogP contribution in [0.4, 0.5) is 0 Å². The first kappa shape index (κ1) is 19.3. The predicted molar refractivity (Wildman–Crippen MR) is 93.3 cm³/mol. The molecule has 0 saturated carbocycles. The number of rotatable bonds is 8. The minimum atomic E-state index is -1.37. The highest BCUT2D eigenvalue weighted by atomic mass is 16.5. The number of aryl methyl sites for hydroxylation is 2. The Labute approximate surface area is 150 Å². The maximum absolute atomic E-state index is 11.1. The Hall–Kier alpha value is -3.06. The molecule has 0 amide bonds. The van der Waals surface area contributed by atoms with Gasteiger partial charge in [0.2, 0.25) is 0 Å². The molecule has 0 saturated heterocycles. The molecule has 1 unspecified atom stereocenters. The van der Waals surface area contributed by atoms with Crippen LogP contribution in [0.15, 0.2) is 36.4 Å². The van der Waals surface area contributed by atoms with Gasteiger partial charge in [0.15, 0.2) is 0 Å². The lowest BCUT2D eigenvalue weighted by Crippen LogP contribution is -2.25. The Morgan fingerprint density at radius 2 is 1.58 bits per heavy atom. The zero-order valence-corrected chi connectivity index (χ0v) is 14.4. The van der Waals surface area contributed by atoms with E-state index in [1.54, 1.807) is 0 Å². The van der Waals surface area contributed by atoms with Crippen LogP contribution in [-0.2, 0) is 0 Å². The van der Waals surface area contributed by atoms with E-state index in [9.17, 15) is 14.7 Å². The minimum absolute atomic E-state index is 0.00288. The van der Waals surface area contributed by atoms with E-state index in [4.69, 9.17) is 19.7 Å². The van der Waals surface area contributed by atoms with E-state index in [1.165, 1.54) is 6.07 Å². The summed E-state index contributed by atoms with van der Waals surface area (Å²) in [6.45, 7) is 3.75. The highest BCUT2D eigenvalue weighted by molar-refractivity contribution is 6.01. The van der Waals surface area contributed by atoms with Crippen LogP contribution < -0.4 is 9.47 Å². The first-order valence-electron chi connectivity index (χ1n) is 7.89.